The van der Waals surface area contributed by atoms with E-state index in [0.717, 1.165) is 15.6 Å². The molecule has 3 aliphatic rings. The lowest BCUT2D eigenvalue weighted by molar-refractivity contribution is -0.222. The van der Waals surface area contributed by atoms with Crippen LogP contribution >= 0.6 is 15.9 Å². The second-order valence-corrected chi connectivity index (χ2v) is 9.07. The highest BCUT2D eigenvalue weighted by Gasteiger charge is 2.39. The van der Waals surface area contributed by atoms with Crippen LogP contribution in [-0.4, -0.2) is 35.3 Å². The van der Waals surface area contributed by atoms with Gasteiger partial charge in [-0.15, -0.1) is 0 Å². The minimum absolute atomic E-state index is 0.127. The van der Waals surface area contributed by atoms with Gasteiger partial charge in [-0.25, -0.2) is 9.59 Å². The molecule has 0 unspecified atom stereocenters. The Morgan fingerprint density at radius 2 is 1.79 bits per heavy atom. The molecule has 5 rings (SSSR count). The Kier molecular flexibility index (Phi) is 5.04. The molecule has 2 aromatic rings. The van der Waals surface area contributed by atoms with E-state index < -0.39 is 17.7 Å². The molecule has 1 N–H and O–H groups in total. The summed E-state index contributed by atoms with van der Waals surface area (Å²) in [5.41, 5.74) is 2.58. The predicted molar refractivity (Wildman–Crippen MR) is 118 cm³/mol. The van der Waals surface area contributed by atoms with Gasteiger partial charge in [0.2, 0.25) is 6.79 Å². The summed E-state index contributed by atoms with van der Waals surface area (Å²) in [6, 6.07) is 9.07. The number of nitrogens with zero attached hydrogens (tertiary/aromatic N) is 1. The van der Waals surface area contributed by atoms with Crippen molar-refractivity contribution >= 4 is 39.5 Å². The molecule has 33 heavy (non-hydrogen) atoms. The first kappa shape index (κ1) is 21.3. The summed E-state index contributed by atoms with van der Waals surface area (Å²) in [5, 5.41) is 2.89. The molecule has 0 radical (unpaired) electrons. The molecule has 0 spiro atoms. The predicted octanol–water partition coefficient (Wildman–Crippen LogP) is 3.47. The zero-order valence-corrected chi connectivity index (χ0v) is 19.4. The van der Waals surface area contributed by atoms with E-state index in [2.05, 4.69) is 21.2 Å². The van der Waals surface area contributed by atoms with Crippen molar-refractivity contribution in [2.75, 3.05) is 12.1 Å². The number of rotatable bonds is 4. The van der Waals surface area contributed by atoms with E-state index in [1.165, 1.54) is 20.0 Å². The summed E-state index contributed by atoms with van der Waals surface area (Å²) < 4.78 is 21.6. The van der Waals surface area contributed by atoms with Gasteiger partial charge in [0.1, 0.15) is 0 Å². The van der Waals surface area contributed by atoms with E-state index in [4.69, 9.17) is 18.9 Å². The van der Waals surface area contributed by atoms with E-state index in [1.54, 1.807) is 17.0 Å². The minimum atomic E-state index is -1.31. The topological polar surface area (TPSA) is 103 Å². The van der Waals surface area contributed by atoms with Crippen molar-refractivity contribution in [3.63, 3.8) is 0 Å². The number of carbonyl (C=O) groups is 3. The lowest BCUT2D eigenvalue weighted by atomic mass is 10.1. The molecule has 9 nitrogen and oxygen atoms in total. The van der Waals surface area contributed by atoms with E-state index in [1.807, 2.05) is 18.2 Å². The normalized spacial score (nSPS) is 18.1. The van der Waals surface area contributed by atoms with Crippen LogP contribution in [0.1, 0.15) is 35.3 Å². The van der Waals surface area contributed by atoms with Gasteiger partial charge in [0.15, 0.2) is 17.1 Å². The molecule has 2 aromatic carbocycles. The Bertz CT molecular complexity index is 1220. The zero-order valence-electron chi connectivity index (χ0n) is 17.8. The molecule has 0 aliphatic carbocycles. The van der Waals surface area contributed by atoms with Crippen molar-refractivity contribution in [1.82, 2.24) is 4.90 Å². The standard InChI is InChI=1S/C23H19BrN2O7/c1-23(2)32-21(28)15(22(29)33-23)8-25-13-6-14-16(17(24)7-13)10-26(20(14)27)9-12-3-4-18-19(5-12)31-11-30-18/h3-8,25H,9-11H2,1-2H3. The van der Waals surface area contributed by atoms with Crippen molar-refractivity contribution in [2.45, 2.75) is 32.7 Å². The van der Waals surface area contributed by atoms with Gasteiger partial charge in [-0.1, -0.05) is 22.0 Å². The number of anilines is 1. The summed E-state index contributed by atoms with van der Waals surface area (Å²) in [6.45, 7) is 4.01. The van der Waals surface area contributed by atoms with Crippen molar-refractivity contribution < 1.29 is 33.3 Å². The Morgan fingerprint density at radius 1 is 1.06 bits per heavy atom. The average molecular weight is 515 g/mol. The highest BCUT2D eigenvalue weighted by molar-refractivity contribution is 9.10. The molecule has 10 heteroatoms. The monoisotopic (exact) mass is 514 g/mol. The highest BCUT2D eigenvalue weighted by atomic mass is 79.9. The smallest absolute Gasteiger partial charge is 0.350 e. The Hall–Kier alpha value is -3.53. The van der Waals surface area contributed by atoms with Crippen LogP contribution in [0.3, 0.4) is 0 Å². The number of hydrogen-bond donors (Lipinski definition) is 1. The molecular weight excluding hydrogens is 496 g/mol. The van der Waals surface area contributed by atoms with Crippen LogP contribution in [-0.2, 0) is 32.2 Å². The van der Waals surface area contributed by atoms with Gasteiger partial charge in [0.25, 0.3) is 11.7 Å². The first-order valence-electron chi connectivity index (χ1n) is 10.1. The Labute approximate surface area is 197 Å². The summed E-state index contributed by atoms with van der Waals surface area (Å²) in [7, 11) is 0. The maximum absolute atomic E-state index is 13.1. The van der Waals surface area contributed by atoms with Crippen molar-refractivity contribution in [1.29, 1.82) is 0 Å². The van der Waals surface area contributed by atoms with Crippen LogP contribution in [0.25, 0.3) is 0 Å². The first-order chi connectivity index (χ1) is 15.7. The fourth-order valence-electron chi connectivity index (χ4n) is 3.83. The maximum atomic E-state index is 13.1. The molecular formula is C23H19BrN2O7. The first-order valence-corrected chi connectivity index (χ1v) is 10.9. The van der Waals surface area contributed by atoms with Gasteiger partial charge in [-0.05, 0) is 35.4 Å². The van der Waals surface area contributed by atoms with Crippen LogP contribution in [0, 0.1) is 0 Å². The molecule has 1 amide bonds. The largest absolute Gasteiger partial charge is 0.454 e. The van der Waals surface area contributed by atoms with Gasteiger partial charge in [-0.2, -0.15) is 0 Å². The number of fused-ring (bicyclic) bond motifs is 2. The van der Waals surface area contributed by atoms with E-state index >= 15 is 0 Å². The van der Waals surface area contributed by atoms with Gasteiger partial charge >= 0.3 is 11.9 Å². The summed E-state index contributed by atoms with van der Waals surface area (Å²) in [6.07, 6.45) is 1.22. The molecule has 3 heterocycles. The molecule has 170 valence electrons. The third kappa shape index (κ3) is 4.02. The summed E-state index contributed by atoms with van der Waals surface area (Å²) in [4.78, 5) is 39.0. The quantitative estimate of drug-likeness (QED) is 0.375. The lowest BCUT2D eigenvalue weighted by Crippen LogP contribution is -2.42. The number of hydrogen-bond acceptors (Lipinski definition) is 8. The van der Waals surface area contributed by atoms with Gasteiger partial charge in [0, 0.05) is 48.9 Å². The van der Waals surface area contributed by atoms with E-state index in [9.17, 15) is 14.4 Å². The van der Waals surface area contributed by atoms with Crippen LogP contribution in [0.4, 0.5) is 5.69 Å². The zero-order chi connectivity index (χ0) is 23.3. The third-order valence-corrected chi connectivity index (χ3v) is 6.08. The van der Waals surface area contributed by atoms with Crippen LogP contribution in [0.15, 0.2) is 46.6 Å². The van der Waals surface area contributed by atoms with Crippen molar-refractivity contribution in [2.24, 2.45) is 0 Å². The van der Waals surface area contributed by atoms with E-state index in [-0.39, 0.29) is 18.3 Å². The number of ether oxygens (including phenoxy) is 4. The number of cyclic esters (lactones) is 2. The fourth-order valence-corrected chi connectivity index (χ4v) is 4.41. The number of carbonyl (C=O) groups excluding carboxylic acids is 3. The molecule has 0 atom stereocenters. The van der Waals surface area contributed by atoms with Crippen molar-refractivity contribution in [3.8, 4) is 11.5 Å². The molecule has 0 saturated carbocycles. The lowest BCUT2D eigenvalue weighted by Gasteiger charge is -2.29. The number of halogens is 1. The second-order valence-electron chi connectivity index (χ2n) is 8.21. The van der Waals surface area contributed by atoms with Crippen LogP contribution in [0.5, 0.6) is 11.5 Å². The summed E-state index contributed by atoms with van der Waals surface area (Å²) >= 11 is 3.52. The third-order valence-electron chi connectivity index (χ3n) is 5.37. The number of amides is 1. The second kappa shape index (κ2) is 7.80. The molecule has 0 aromatic heterocycles. The van der Waals surface area contributed by atoms with Crippen LogP contribution < -0.4 is 14.8 Å². The highest BCUT2D eigenvalue weighted by Crippen LogP contribution is 2.36. The SMILES string of the molecule is CC1(C)OC(=O)C(=CNc2cc(Br)c3c(c2)C(=O)N(Cc2ccc4c(c2)OCO4)C3)C(=O)O1. The average Bonchev–Trinajstić information content (AvgIpc) is 3.32. The summed E-state index contributed by atoms with van der Waals surface area (Å²) in [5.74, 6) is -1.64. The molecule has 3 aliphatic heterocycles. The van der Waals surface area contributed by atoms with Gasteiger partial charge in [0.05, 0.1) is 0 Å². The van der Waals surface area contributed by atoms with Crippen molar-refractivity contribution in [3.05, 3.63) is 63.3 Å². The minimum Gasteiger partial charge on any atom is -0.454 e. The molecule has 0 bridgehead atoms. The van der Waals surface area contributed by atoms with Gasteiger partial charge < -0.3 is 29.2 Å². The van der Waals surface area contributed by atoms with E-state index in [0.29, 0.717) is 35.8 Å². The number of benzene rings is 2. The molecule has 1 fully saturated rings. The number of nitrogens with one attached hydrogen (secondary N) is 1. The van der Waals surface area contributed by atoms with Gasteiger partial charge in [-0.3, -0.25) is 4.79 Å². The number of esters is 2. The Morgan fingerprint density at radius 3 is 2.55 bits per heavy atom. The van der Waals surface area contributed by atoms with Crippen LogP contribution in [0.2, 0.25) is 0 Å². The maximum Gasteiger partial charge on any atom is 0.350 e. The Balaban J connectivity index is 1.33. The fraction of sp³-hybridized carbons (Fsp3) is 0.261. The molecule has 1 saturated heterocycles.